The average Bonchev–Trinajstić information content (AvgIpc) is 3.28. The highest BCUT2D eigenvalue weighted by Crippen LogP contribution is 2.38. The van der Waals surface area contributed by atoms with Crippen LogP contribution in [0.2, 0.25) is 5.02 Å². The Morgan fingerprint density at radius 1 is 1.21 bits per heavy atom. The molecule has 0 amide bonds. The predicted octanol–water partition coefficient (Wildman–Crippen LogP) is 4.68. The van der Waals surface area contributed by atoms with Crippen molar-refractivity contribution in [1.82, 2.24) is 14.9 Å². The van der Waals surface area contributed by atoms with E-state index in [1.165, 1.54) is 18.4 Å². The van der Waals surface area contributed by atoms with Gasteiger partial charge in [0, 0.05) is 29.8 Å². The number of aromatic nitrogens is 2. The number of hydrogen-bond donors (Lipinski definition) is 3. The molecular weight excluding hydrogens is 466 g/mol. The van der Waals surface area contributed by atoms with Crippen molar-refractivity contribution < 1.29 is 19.4 Å². The SMILES string of the molecule is COc1cc(Nc2ncc(-c3ccc(C(=O)O)s3)c(NCCCN(C)C)n2)c(OC)cc1Cl. The number of halogens is 1. The lowest BCUT2D eigenvalue weighted by atomic mass is 10.2. The summed E-state index contributed by atoms with van der Waals surface area (Å²) in [5, 5.41) is 16.2. The second-order valence-corrected chi connectivity index (χ2v) is 8.81. The van der Waals surface area contributed by atoms with Crippen LogP contribution in [-0.2, 0) is 0 Å². The molecule has 0 unspecified atom stereocenters. The number of hydrogen-bond acceptors (Lipinski definition) is 9. The fraction of sp³-hybridized carbons (Fsp3) is 0.318. The van der Waals surface area contributed by atoms with Crippen molar-refractivity contribution in [1.29, 1.82) is 0 Å². The summed E-state index contributed by atoms with van der Waals surface area (Å²) >= 11 is 7.37. The summed E-state index contributed by atoms with van der Waals surface area (Å²) in [6, 6.07) is 6.70. The van der Waals surface area contributed by atoms with Gasteiger partial charge in [-0.05, 0) is 39.2 Å². The highest BCUT2D eigenvalue weighted by atomic mass is 35.5. The maximum absolute atomic E-state index is 11.3. The number of carboxylic acids is 1. The molecule has 0 aliphatic heterocycles. The first-order valence-corrected chi connectivity index (χ1v) is 11.3. The molecule has 2 aromatic heterocycles. The lowest BCUT2D eigenvalue weighted by Gasteiger charge is -2.15. The molecule has 3 rings (SSSR count). The summed E-state index contributed by atoms with van der Waals surface area (Å²) in [5.74, 6) is 0.975. The molecule has 0 aliphatic rings. The second kappa shape index (κ2) is 11.2. The summed E-state index contributed by atoms with van der Waals surface area (Å²) < 4.78 is 10.7. The lowest BCUT2D eigenvalue weighted by molar-refractivity contribution is 0.0702. The minimum Gasteiger partial charge on any atom is -0.495 e. The molecule has 0 bridgehead atoms. The Morgan fingerprint density at radius 2 is 1.97 bits per heavy atom. The monoisotopic (exact) mass is 491 g/mol. The van der Waals surface area contributed by atoms with Gasteiger partial charge in [-0.1, -0.05) is 11.6 Å². The van der Waals surface area contributed by atoms with Crippen molar-refractivity contribution in [2.45, 2.75) is 6.42 Å². The number of aromatic carboxylic acids is 1. The normalized spacial score (nSPS) is 10.8. The van der Waals surface area contributed by atoms with Crippen molar-refractivity contribution in [2.24, 2.45) is 0 Å². The van der Waals surface area contributed by atoms with Crippen LogP contribution in [-0.4, -0.2) is 67.3 Å². The summed E-state index contributed by atoms with van der Waals surface area (Å²) in [6.45, 7) is 1.61. The molecule has 3 N–H and O–H groups in total. The van der Waals surface area contributed by atoms with Crippen LogP contribution in [0.5, 0.6) is 11.5 Å². The van der Waals surface area contributed by atoms with Gasteiger partial charge in [-0.25, -0.2) is 9.78 Å². The van der Waals surface area contributed by atoms with E-state index in [2.05, 4.69) is 25.5 Å². The number of methoxy groups -OCH3 is 2. The van der Waals surface area contributed by atoms with Crippen LogP contribution in [0.4, 0.5) is 17.5 Å². The predicted molar refractivity (Wildman–Crippen MR) is 132 cm³/mol. The molecule has 11 heteroatoms. The minimum absolute atomic E-state index is 0.253. The van der Waals surface area contributed by atoms with Crippen molar-refractivity contribution in [3.63, 3.8) is 0 Å². The zero-order valence-corrected chi connectivity index (χ0v) is 20.4. The van der Waals surface area contributed by atoms with Crippen molar-refractivity contribution in [3.05, 3.63) is 40.4 Å². The third-order valence-corrected chi connectivity index (χ3v) is 6.07. The van der Waals surface area contributed by atoms with E-state index in [1.54, 1.807) is 37.6 Å². The van der Waals surface area contributed by atoms with E-state index in [-0.39, 0.29) is 4.88 Å². The molecule has 0 fully saturated rings. The quantitative estimate of drug-likeness (QED) is 0.329. The zero-order valence-electron chi connectivity index (χ0n) is 18.8. The zero-order chi connectivity index (χ0) is 24.0. The van der Waals surface area contributed by atoms with E-state index >= 15 is 0 Å². The number of thiophene rings is 1. The Bertz CT molecular complexity index is 1120. The van der Waals surface area contributed by atoms with Gasteiger partial charge in [0.1, 0.15) is 22.2 Å². The van der Waals surface area contributed by atoms with Crippen molar-refractivity contribution >= 4 is 46.4 Å². The van der Waals surface area contributed by atoms with Gasteiger partial charge in [-0.3, -0.25) is 0 Å². The topological polar surface area (TPSA) is 109 Å². The number of anilines is 3. The number of nitrogens with zero attached hydrogens (tertiary/aromatic N) is 3. The van der Waals surface area contributed by atoms with Gasteiger partial charge in [0.05, 0.1) is 30.5 Å². The summed E-state index contributed by atoms with van der Waals surface area (Å²) in [7, 11) is 7.11. The molecule has 3 aromatic rings. The molecule has 0 radical (unpaired) electrons. The van der Waals surface area contributed by atoms with Gasteiger partial charge >= 0.3 is 5.97 Å². The first-order chi connectivity index (χ1) is 15.8. The molecule has 33 heavy (non-hydrogen) atoms. The maximum atomic E-state index is 11.3. The summed E-state index contributed by atoms with van der Waals surface area (Å²) in [5.41, 5.74) is 1.32. The van der Waals surface area contributed by atoms with E-state index in [4.69, 9.17) is 21.1 Å². The Morgan fingerprint density at radius 3 is 2.61 bits per heavy atom. The van der Waals surface area contributed by atoms with E-state index < -0.39 is 5.97 Å². The van der Waals surface area contributed by atoms with Gasteiger partial charge < -0.3 is 30.1 Å². The van der Waals surface area contributed by atoms with Crippen LogP contribution < -0.4 is 20.1 Å². The molecule has 0 saturated carbocycles. The molecule has 0 aliphatic carbocycles. The Hall–Kier alpha value is -3.08. The van der Waals surface area contributed by atoms with Gasteiger partial charge in [0.2, 0.25) is 5.95 Å². The molecule has 0 atom stereocenters. The standard InChI is InChI=1S/C22H26ClN5O4S/c1-28(2)9-5-8-24-20-13(18-6-7-19(33-18)21(29)30)12-25-22(27-20)26-15-11-16(31-3)14(23)10-17(15)32-4/h6-7,10-12H,5,8-9H2,1-4H3,(H,29,30)(H2,24,25,26,27). The fourth-order valence-corrected chi connectivity index (χ4v) is 4.12. The van der Waals surface area contributed by atoms with E-state index in [0.29, 0.717) is 40.5 Å². The first kappa shape index (κ1) is 24.6. The van der Waals surface area contributed by atoms with Gasteiger partial charge in [-0.2, -0.15) is 4.98 Å². The molecule has 0 spiro atoms. The Kier molecular flexibility index (Phi) is 8.32. The number of rotatable bonds is 11. The molecule has 176 valence electrons. The Labute approximate surface area is 201 Å². The Balaban J connectivity index is 1.93. The highest BCUT2D eigenvalue weighted by molar-refractivity contribution is 7.17. The fourth-order valence-electron chi connectivity index (χ4n) is 3.04. The number of benzene rings is 1. The lowest BCUT2D eigenvalue weighted by Crippen LogP contribution is -2.17. The van der Waals surface area contributed by atoms with E-state index in [1.807, 2.05) is 14.1 Å². The third kappa shape index (κ3) is 6.25. The van der Waals surface area contributed by atoms with Crippen LogP contribution in [0.15, 0.2) is 30.5 Å². The molecular formula is C22H26ClN5O4S. The molecule has 9 nitrogen and oxygen atoms in total. The van der Waals surface area contributed by atoms with Crippen molar-refractivity contribution in [2.75, 3.05) is 52.0 Å². The average molecular weight is 492 g/mol. The van der Waals surface area contributed by atoms with E-state index in [0.717, 1.165) is 23.4 Å². The number of nitrogens with one attached hydrogen (secondary N) is 2. The maximum Gasteiger partial charge on any atom is 0.345 e. The van der Waals surface area contributed by atoms with Crippen LogP contribution >= 0.6 is 22.9 Å². The number of ether oxygens (including phenoxy) is 2. The molecule has 0 saturated heterocycles. The molecule has 1 aromatic carbocycles. The molecule has 2 heterocycles. The summed E-state index contributed by atoms with van der Waals surface area (Å²) in [6.07, 6.45) is 2.58. The van der Waals surface area contributed by atoms with Gasteiger partial charge in [-0.15, -0.1) is 11.3 Å². The minimum atomic E-state index is -0.963. The van der Waals surface area contributed by atoms with Gasteiger partial charge in [0.25, 0.3) is 0 Å². The van der Waals surface area contributed by atoms with Crippen LogP contribution in [0.1, 0.15) is 16.1 Å². The van der Waals surface area contributed by atoms with Crippen molar-refractivity contribution in [3.8, 4) is 21.9 Å². The largest absolute Gasteiger partial charge is 0.495 e. The third-order valence-electron chi connectivity index (χ3n) is 4.67. The second-order valence-electron chi connectivity index (χ2n) is 7.32. The van der Waals surface area contributed by atoms with E-state index in [9.17, 15) is 9.90 Å². The van der Waals surface area contributed by atoms with Crippen LogP contribution in [0.25, 0.3) is 10.4 Å². The smallest absolute Gasteiger partial charge is 0.345 e. The number of carboxylic acid groups (broad SMARTS) is 1. The number of carbonyl (C=O) groups is 1. The summed E-state index contributed by atoms with van der Waals surface area (Å²) in [4.78, 5) is 23.5. The first-order valence-electron chi connectivity index (χ1n) is 10.1. The van der Waals surface area contributed by atoms with Gasteiger partial charge in [0.15, 0.2) is 0 Å². The van der Waals surface area contributed by atoms with Crippen LogP contribution in [0.3, 0.4) is 0 Å². The van der Waals surface area contributed by atoms with Crippen LogP contribution in [0, 0.1) is 0 Å². The highest BCUT2D eigenvalue weighted by Gasteiger charge is 2.16.